The number of rotatable bonds is 12. The van der Waals surface area contributed by atoms with Crippen LogP contribution in [0.5, 0.6) is 0 Å². The van der Waals surface area contributed by atoms with Crippen LogP contribution in [-0.2, 0) is 23.9 Å². The van der Waals surface area contributed by atoms with Crippen molar-refractivity contribution in [2.24, 2.45) is 0 Å². The summed E-state index contributed by atoms with van der Waals surface area (Å²) in [6.07, 6.45) is -0.791. The Balaban J connectivity index is 3.07. The zero-order chi connectivity index (χ0) is 24.8. The SMILES string of the molecule is CC(=O)CN1CCN(CC(=O)O)CCN(C(CCC(=O)O)OCO)CCN(CC(=O)O)CC1. The molecule has 0 aromatic rings. The largest absolute Gasteiger partial charge is 0.481 e. The van der Waals surface area contributed by atoms with Crippen LogP contribution in [0.4, 0.5) is 0 Å². The Morgan fingerprint density at radius 1 is 0.727 bits per heavy atom. The number of carboxylic acid groups (broad SMARTS) is 3. The predicted octanol–water partition coefficient (Wildman–Crippen LogP) is -1.88. The highest BCUT2D eigenvalue weighted by Gasteiger charge is 2.24. The lowest BCUT2D eigenvalue weighted by Gasteiger charge is -2.36. The Hall–Kier alpha value is -2.16. The van der Waals surface area contributed by atoms with Crippen LogP contribution in [0.3, 0.4) is 0 Å². The normalized spacial score (nSPS) is 19.3. The molecule has 0 aliphatic carbocycles. The first-order valence-electron chi connectivity index (χ1n) is 10.9. The fourth-order valence-electron chi connectivity index (χ4n) is 3.72. The molecule has 1 atom stereocenters. The molecule has 1 saturated heterocycles. The molecular formula is C20H36N4O9. The summed E-state index contributed by atoms with van der Waals surface area (Å²) in [4.78, 5) is 52.5. The number of hydrogen-bond acceptors (Lipinski definition) is 10. The second-order valence-corrected chi connectivity index (χ2v) is 8.04. The van der Waals surface area contributed by atoms with Crippen LogP contribution in [0.1, 0.15) is 19.8 Å². The third-order valence-electron chi connectivity index (χ3n) is 5.32. The molecule has 0 radical (unpaired) electrons. The third-order valence-corrected chi connectivity index (χ3v) is 5.32. The molecule has 13 heteroatoms. The number of carbonyl (C=O) groups is 4. The lowest BCUT2D eigenvalue weighted by Crippen LogP contribution is -2.50. The average molecular weight is 477 g/mol. The molecule has 1 fully saturated rings. The highest BCUT2D eigenvalue weighted by molar-refractivity contribution is 5.77. The lowest BCUT2D eigenvalue weighted by molar-refractivity contribution is -0.146. The van der Waals surface area contributed by atoms with E-state index in [-0.39, 0.29) is 38.3 Å². The van der Waals surface area contributed by atoms with E-state index in [0.29, 0.717) is 52.4 Å². The molecule has 33 heavy (non-hydrogen) atoms. The van der Waals surface area contributed by atoms with E-state index in [9.17, 15) is 34.5 Å². The van der Waals surface area contributed by atoms with Crippen LogP contribution >= 0.6 is 0 Å². The van der Waals surface area contributed by atoms with Gasteiger partial charge < -0.3 is 25.2 Å². The summed E-state index contributed by atoms with van der Waals surface area (Å²) in [6.45, 7) is 3.59. The van der Waals surface area contributed by atoms with Crippen molar-refractivity contribution in [3.63, 3.8) is 0 Å². The first-order valence-corrected chi connectivity index (χ1v) is 10.9. The molecular weight excluding hydrogens is 440 g/mol. The predicted molar refractivity (Wildman–Crippen MR) is 116 cm³/mol. The van der Waals surface area contributed by atoms with Gasteiger partial charge in [0, 0.05) is 58.8 Å². The standard InChI is InChI=1S/C20H36N4O9/c1-16(26)12-21-4-6-22(13-19(29)30)8-10-24(17(33-15-25)2-3-18(27)28)11-9-23(7-5-21)14-20(31)32/h17,25H,2-15H2,1H3,(H,27,28)(H,29,30)(H,31,32). The van der Waals surface area contributed by atoms with Crippen molar-refractivity contribution < 1.29 is 44.3 Å². The molecule has 0 aromatic heterocycles. The minimum absolute atomic E-state index is 0.0368. The Labute approximate surface area is 193 Å². The van der Waals surface area contributed by atoms with Crippen LogP contribution in [-0.4, -0.2) is 149 Å². The van der Waals surface area contributed by atoms with Gasteiger partial charge in [-0.25, -0.2) is 0 Å². The second-order valence-electron chi connectivity index (χ2n) is 8.04. The monoisotopic (exact) mass is 476 g/mol. The Morgan fingerprint density at radius 2 is 1.15 bits per heavy atom. The summed E-state index contributed by atoms with van der Waals surface area (Å²) in [5.74, 6) is -3.03. The van der Waals surface area contributed by atoms with E-state index in [1.165, 1.54) is 6.92 Å². The number of ketones is 1. The van der Waals surface area contributed by atoms with Crippen molar-refractivity contribution in [2.75, 3.05) is 78.8 Å². The number of ether oxygens (including phenoxy) is 1. The average Bonchev–Trinajstić information content (AvgIpc) is 2.70. The van der Waals surface area contributed by atoms with Crippen LogP contribution in [0, 0.1) is 0 Å². The van der Waals surface area contributed by atoms with Gasteiger partial charge in [0.2, 0.25) is 0 Å². The van der Waals surface area contributed by atoms with Gasteiger partial charge in [-0.05, 0) is 13.3 Å². The molecule has 1 rings (SSSR count). The van der Waals surface area contributed by atoms with E-state index in [0.717, 1.165) is 0 Å². The van der Waals surface area contributed by atoms with E-state index in [4.69, 9.17) is 9.84 Å². The van der Waals surface area contributed by atoms with Gasteiger partial charge in [-0.1, -0.05) is 0 Å². The van der Waals surface area contributed by atoms with Crippen LogP contribution in [0.2, 0.25) is 0 Å². The van der Waals surface area contributed by atoms with Crippen molar-refractivity contribution >= 4 is 23.7 Å². The number of carbonyl (C=O) groups excluding carboxylic acids is 1. The highest BCUT2D eigenvalue weighted by Crippen LogP contribution is 2.11. The minimum Gasteiger partial charge on any atom is -0.481 e. The second kappa shape index (κ2) is 15.6. The molecule has 1 aliphatic heterocycles. The maximum Gasteiger partial charge on any atom is 0.317 e. The molecule has 190 valence electrons. The summed E-state index contributed by atoms with van der Waals surface area (Å²) in [6, 6.07) is 0. The first kappa shape index (κ1) is 28.9. The van der Waals surface area contributed by atoms with Gasteiger partial charge in [-0.3, -0.25) is 38.8 Å². The topological polar surface area (TPSA) is 171 Å². The molecule has 0 amide bonds. The molecule has 13 nitrogen and oxygen atoms in total. The Morgan fingerprint density at radius 3 is 1.52 bits per heavy atom. The quantitative estimate of drug-likeness (QED) is 0.231. The van der Waals surface area contributed by atoms with Gasteiger partial charge in [0.05, 0.1) is 19.6 Å². The molecule has 1 aliphatic rings. The number of Topliss-reactive ketones (excluding diaryl/α,β-unsaturated/α-hetero) is 1. The molecule has 1 heterocycles. The number of hydrogen-bond donors (Lipinski definition) is 4. The van der Waals surface area contributed by atoms with Crippen LogP contribution in [0.15, 0.2) is 0 Å². The van der Waals surface area contributed by atoms with Gasteiger partial charge in [0.25, 0.3) is 0 Å². The Bertz CT molecular complexity index is 617. The fraction of sp³-hybridized carbons (Fsp3) is 0.800. The van der Waals surface area contributed by atoms with Crippen molar-refractivity contribution in [1.29, 1.82) is 0 Å². The van der Waals surface area contributed by atoms with E-state index in [2.05, 4.69) is 0 Å². The maximum atomic E-state index is 11.7. The van der Waals surface area contributed by atoms with Gasteiger partial charge in [-0.15, -0.1) is 0 Å². The summed E-state index contributed by atoms with van der Waals surface area (Å²) < 4.78 is 5.35. The van der Waals surface area contributed by atoms with Gasteiger partial charge in [-0.2, -0.15) is 0 Å². The first-order chi connectivity index (χ1) is 15.6. The lowest BCUT2D eigenvalue weighted by atomic mass is 10.2. The van der Waals surface area contributed by atoms with E-state index in [1.807, 2.05) is 4.90 Å². The van der Waals surface area contributed by atoms with E-state index >= 15 is 0 Å². The third kappa shape index (κ3) is 13.2. The van der Waals surface area contributed by atoms with Crippen LogP contribution in [0.25, 0.3) is 0 Å². The summed E-state index contributed by atoms with van der Waals surface area (Å²) in [5.41, 5.74) is 0. The fourth-order valence-corrected chi connectivity index (χ4v) is 3.72. The molecule has 0 spiro atoms. The zero-order valence-corrected chi connectivity index (χ0v) is 19.1. The molecule has 4 N–H and O–H groups in total. The van der Waals surface area contributed by atoms with Gasteiger partial charge in [0.15, 0.2) is 0 Å². The van der Waals surface area contributed by atoms with Crippen molar-refractivity contribution in [1.82, 2.24) is 19.6 Å². The highest BCUT2D eigenvalue weighted by atomic mass is 16.6. The number of aliphatic carboxylic acids is 3. The van der Waals surface area contributed by atoms with E-state index < -0.39 is 30.9 Å². The number of aliphatic hydroxyl groups is 1. The van der Waals surface area contributed by atoms with Gasteiger partial charge in [0.1, 0.15) is 18.8 Å². The van der Waals surface area contributed by atoms with Crippen LogP contribution < -0.4 is 0 Å². The Kier molecular flexibility index (Phi) is 13.7. The smallest absolute Gasteiger partial charge is 0.317 e. The summed E-state index contributed by atoms with van der Waals surface area (Å²) in [7, 11) is 0. The number of carboxylic acids is 3. The summed E-state index contributed by atoms with van der Waals surface area (Å²) in [5, 5.41) is 36.9. The maximum absolute atomic E-state index is 11.7. The van der Waals surface area contributed by atoms with Crippen molar-refractivity contribution in [3.8, 4) is 0 Å². The molecule has 0 saturated carbocycles. The number of aliphatic hydroxyl groups excluding tert-OH is 1. The summed E-state index contributed by atoms with van der Waals surface area (Å²) >= 11 is 0. The minimum atomic E-state index is -1.01. The van der Waals surface area contributed by atoms with E-state index in [1.54, 1.807) is 14.7 Å². The van der Waals surface area contributed by atoms with Crippen molar-refractivity contribution in [3.05, 3.63) is 0 Å². The zero-order valence-electron chi connectivity index (χ0n) is 19.1. The van der Waals surface area contributed by atoms with Crippen molar-refractivity contribution in [2.45, 2.75) is 26.0 Å². The molecule has 1 unspecified atom stereocenters. The molecule has 0 aromatic carbocycles. The molecule has 0 bridgehead atoms. The number of nitrogens with zero attached hydrogens (tertiary/aromatic N) is 4. The van der Waals surface area contributed by atoms with Gasteiger partial charge >= 0.3 is 17.9 Å².